The molecule has 0 atom stereocenters. The van der Waals surface area contributed by atoms with Gasteiger partial charge in [-0.25, -0.2) is 0 Å². The first kappa shape index (κ1) is 25.9. The second-order valence-corrected chi connectivity index (χ2v) is 9.89. The molecule has 0 bridgehead atoms. The summed E-state index contributed by atoms with van der Waals surface area (Å²) in [5.41, 5.74) is 9.43. The Morgan fingerprint density at radius 1 is 0.889 bits per heavy atom. The zero-order valence-electron chi connectivity index (χ0n) is 21.3. The topological polar surface area (TPSA) is 52.8 Å². The number of carbonyl (C=O) groups is 1. The molecule has 0 unspecified atom stereocenters. The van der Waals surface area contributed by atoms with E-state index in [1.54, 1.807) is 12.3 Å². The van der Waals surface area contributed by atoms with E-state index in [4.69, 9.17) is 5.73 Å². The van der Waals surface area contributed by atoms with Crippen molar-refractivity contribution >= 4 is 5.91 Å². The first-order valence-corrected chi connectivity index (χ1v) is 13.2. The van der Waals surface area contributed by atoms with Crippen LogP contribution in [-0.2, 0) is 4.79 Å². The number of likely N-dealkylation sites (tertiary alicyclic amines) is 1. The van der Waals surface area contributed by atoms with Crippen molar-refractivity contribution in [2.45, 2.75) is 18.8 Å². The Bertz CT molecular complexity index is 978. The van der Waals surface area contributed by atoms with Crippen LogP contribution < -0.4 is 5.73 Å². The quantitative estimate of drug-likeness (QED) is 0.541. The molecule has 0 radical (unpaired) electrons. The van der Waals surface area contributed by atoms with Gasteiger partial charge in [0.05, 0.1) is 0 Å². The van der Waals surface area contributed by atoms with Crippen LogP contribution in [0.1, 0.15) is 29.9 Å². The number of piperazine rings is 1. The maximum absolute atomic E-state index is 13.3. The monoisotopic (exact) mass is 484 g/mol. The molecule has 2 aromatic rings. The lowest BCUT2D eigenvalue weighted by Crippen LogP contribution is -2.52. The van der Waals surface area contributed by atoms with Gasteiger partial charge in [-0.15, -0.1) is 0 Å². The summed E-state index contributed by atoms with van der Waals surface area (Å²) in [7, 11) is 0. The predicted molar refractivity (Wildman–Crippen MR) is 149 cm³/mol. The van der Waals surface area contributed by atoms with Crippen LogP contribution in [0.2, 0.25) is 0 Å². The number of piperidine rings is 1. The minimum Gasteiger partial charge on any atom is -0.405 e. The Hall–Kier alpha value is -3.15. The number of nitrogens with zero attached hydrogens (tertiary/aromatic N) is 3. The first-order chi connectivity index (χ1) is 17.7. The van der Waals surface area contributed by atoms with Gasteiger partial charge in [0, 0.05) is 51.1 Å². The first-order valence-electron chi connectivity index (χ1n) is 13.2. The maximum atomic E-state index is 13.3. The lowest BCUT2D eigenvalue weighted by molar-refractivity contribution is -0.138. The smallest absolute Gasteiger partial charge is 0.225 e. The van der Waals surface area contributed by atoms with Crippen molar-refractivity contribution in [1.29, 1.82) is 0 Å². The van der Waals surface area contributed by atoms with E-state index in [0.717, 1.165) is 70.8 Å². The number of allylic oxidation sites excluding steroid dienone is 2. The second-order valence-electron chi connectivity index (χ2n) is 9.89. The lowest BCUT2D eigenvalue weighted by Gasteiger charge is -2.39. The number of benzene rings is 2. The minimum atomic E-state index is 0.145. The average Bonchev–Trinajstić information content (AvgIpc) is 2.93. The molecule has 0 aliphatic carbocycles. The molecule has 1 amide bonds. The Balaban J connectivity index is 1.28. The van der Waals surface area contributed by atoms with Gasteiger partial charge in [-0.3, -0.25) is 14.6 Å². The third-order valence-electron chi connectivity index (χ3n) is 7.51. The van der Waals surface area contributed by atoms with Crippen molar-refractivity contribution in [2.24, 2.45) is 11.7 Å². The van der Waals surface area contributed by atoms with Crippen molar-refractivity contribution in [2.75, 3.05) is 52.4 Å². The molecule has 2 aromatic carbocycles. The van der Waals surface area contributed by atoms with E-state index in [0.29, 0.717) is 11.8 Å². The molecular weight excluding hydrogens is 444 g/mol. The zero-order valence-corrected chi connectivity index (χ0v) is 21.3. The van der Waals surface area contributed by atoms with Crippen LogP contribution in [0.5, 0.6) is 0 Å². The summed E-state index contributed by atoms with van der Waals surface area (Å²) in [6.07, 6.45) is 9.16. The molecule has 2 fully saturated rings. The summed E-state index contributed by atoms with van der Waals surface area (Å²) >= 11 is 0. The molecule has 36 heavy (non-hydrogen) atoms. The van der Waals surface area contributed by atoms with Crippen LogP contribution in [0, 0.1) is 5.92 Å². The number of nitrogens with two attached hydrogens (primary N) is 1. The molecule has 5 heteroatoms. The van der Waals surface area contributed by atoms with Gasteiger partial charge in [0.15, 0.2) is 0 Å². The van der Waals surface area contributed by atoms with E-state index in [9.17, 15) is 4.79 Å². The Morgan fingerprint density at radius 3 is 2.00 bits per heavy atom. The highest BCUT2D eigenvalue weighted by molar-refractivity contribution is 5.79. The lowest BCUT2D eigenvalue weighted by atomic mass is 9.90. The molecule has 2 aliphatic rings. The molecule has 2 heterocycles. The second kappa shape index (κ2) is 13.2. The molecule has 2 N–H and O–H groups in total. The summed E-state index contributed by atoms with van der Waals surface area (Å²) in [6, 6.07) is 21.6. The van der Waals surface area contributed by atoms with Crippen LogP contribution in [0.4, 0.5) is 0 Å². The molecule has 0 spiro atoms. The predicted octanol–water partition coefficient (Wildman–Crippen LogP) is 4.26. The fourth-order valence-electron chi connectivity index (χ4n) is 5.47. The van der Waals surface area contributed by atoms with E-state index in [2.05, 4.69) is 81.9 Å². The van der Waals surface area contributed by atoms with Crippen LogP contribution in [0.3, 0.4) is 0 Å². The molecule has 4 rings (SSSR count). The number of hydrogen-bond donors (Lipinski definition) is 1. The van der Waals surface area contributed by atoms with Gasteiger partial charge in [0.2, 0.25) is 5.91 Å². The Labute approximate surface area is 216 Å². The summed E-state index contributed by atoms with van der Waals surface area (Å²) < 4.78 is 0. The van der Waals surface area contributed by atoms with E-state index in [-0.39, 0.29) is 5.92 Å². The van der Waals surface area contributed by atoms with Crippen LogP contribution in [-0.4, -0.2) is 73.0 Å². The van der Waals surface area contributed by atoms with E-state index >= 15 is 0 Å². The number of rotatable bonds is 9. The molecule has 190 valence electrons. The van der Waals surface area contributed by atoms with Crippen LogP contribution in [0.15, 0.2) is 97.2 Å². The highest BCUT2D eigenvalue weighted by Crippen LogP contribution is 2.27. The summed E-state index contributed by atoms with van der Waals surface area (Å²) in [4.78, 5) is 20.3. The molecule has 2 aliphatic heterocycles. The van der Waals surface area contributed by atoms with Crippen molar-refractivity contribution in [3.63, 3.8) is 0 Å². The minimum absolute atomic E-state index is 0.145. The van der Waals surface area contributed by atoms with Crippen molar-refractivity contribution in [3.8, 4) is 0 Å². The fraction of sp³-hybridized carbons (Fsp3) is 0.387. The molecular formula is C31H40N4O. The van der Waals surface area contributed by atoms with Crippen molar-refractivity contribution in [1.82, 2.24) is 14.7 Å². The molecule has 5 nitrogen and oxygen atoms in total. The normalized spacial score (nSPS) is 18.7. The SMILES string of the molecule is C=C/C=C(\C=C/N)CN1CCC(C(=O)N2CCN(CC(c3ccccc3)c3ccccc3)CC2)CC1. The van der Waals surface area contributed by atoms with Gasteiger partial charge in [0.1, 0.15) is 0 Å². The Morgan fingerprint density at radius 2 is 1.47 bits per heavy atom. The third-order valence-corrected chi connectivity index (χ3v) is 7.51. The molecule has 0 aromatic heterocycles. The van der Waals surface area contributed by atoms with Crippen molar-refractivity contribution in [3.05, 3.63) is 108 Å². The molecule has 0 saturated carbocycles. The fourth-order valence-corrected chi connectivity index (χ4v) is 5.47. The number of hydrogen-bond acceptors (Lipinski definition) is 4. The van der Waals surface area contributed by atoms with Crippen LogP contribution in [0.25, 0.3) is 0 Å². The number of carbonyl (C=O) groups excluding carboxylic acids is 1. The Kier molecular flexibility index (Phi) is 9.54. The van der Waals surface area contributed by atoms with Gasteiger partial charge >= 0.3 is 0 Å². The summed E-state index contributed by atoms with van der Waals surface area (Å²) in [6.45, 7) is 11.0. The van der Waals surface area contributed by atoms with Crippen LogP contribution >= 0.6 is 0 Å². The molecule has 2 saturated heterocycles. The van der Waals surface area contributed by atoms with Gasteiger partial charge in [-0.2, -0.15) is 0 Å². The average molecular weight is 485 g/mol. The summed E-state index contributed by atoms with van der Waals surface area (Å²) in [5.74, 6) is 0.833. The summed E-state index contributed by atoms with van der Waals surface area (Å²) in [5, 5.41) is 0. The van der Waals surface area contributed by atoms with E-state index in [1.807, 2.05) is 12.2 Å². The largest absolute Gasteiger partial charge is 0.405 e. The highest BCUT2D eigenvalue weighted by atomic mass is 16.2. The highest BCUT2D eigenvalue weighted by Gasteiger charge is 2.31. The van der Waals surface area contributed by atoms with Gasteiger partial charge in [-0.1, -0.05) is 79.4 Å². The van der Waals surface area contributed by atoms with Gasteiger partial charge in [-0.05, 0) is 54.9 Å². The van der Waals surface area contributed by atoms with E-state index in [1.165, 1.54) is 11.1 Å². The maximum Gasteiger partial charge on any atom is 0.225 e. The van der Waals surface area contributed by atoms with E-state index < -0.39 is 0 Å². The zero-order chi connectivity index (χ0) is 25.2. The van der Waals surface area contributed by atoms with Crippen molar-refractivity contribution < 1.29 is 4.79 Å². The standard InChI is InChI=1S/C31H40N4O/c1-2-9-26(14-17-32)24-33-18-15-29(16-19-33)31(36)35-22-20-34(21-23-35)25-30(27-10-5-3-6-11-27)28-12-7-4-8-13-28/h2-14,17,29-30H,1,15-16,18-25,32H2/b17-14-,26-9+. The third kappa shape index (κ3) is 6.96. The van der Waals surface area contributed by atoms with Gasteiger partial charge < -0.3 is 10.6 Å². The van der Waals surface area contributed by atoms with Gasteiger partial charge in [0.25, 0.3) is 0 Å². The number of amides is 1.